The summed E-state index contributed by atoms with van der Waals surface area (Å²) in [6.07, 6.45) is 4.58. The molecule has 62 valence electrons. The highest BCUT2D eigenvalue weighted by Gasteiger charge is 2.52. The number of ketones is 1. The fraction of sp³-hybridized carbons (Fsp3) is 0.900. The summed E-state index contributed by atoms with van der Waals surface area (Å²) in [5.41, 5.74) is 0.0833. The van der Waals surface area contributed by atoms with Crippen LogP contribution in [0.15, 0.2) is 0 Å². The molecule has 0 bridgehead atoms. The molecule has 11 heavy (non-hydrogen) atoms. The molecule has 1 nitrogen and oxygen atoms in total. The Kier molecular flexibility index (Phi) is 1.39. The number of hydrogen-bond donors (Lipinski definition) is 0. The maximum Gasteiger partial charge on any atom is 0.139 e. The van der Waals surface area contributed by atoms with Gasteiger partial charge in [-0.2, -0.15) is 0 Å². The zero-order chi connectivity index (χ0) is 8.06. The molecule has 0 radical (unpaired) electrons. The van der Waals surface area contributed by atoms with Crippen molar-refractivity contribution in [2.45, 2.75) is 39.5 Å². The van der Waals surface area contributed by atoms with Gasteiger partial charge in [-0.05, 0) is 31.1 Å². The van der Waals surface area contributed by atoms with Crippen molar-refractivity contribution >= 4 is 5.78 Å². The summed E-state index contributed by atoms with van der Waals surface area (Å²) in [6.45, 7) is 4.42. The predicted molar refractivity (Wildman–Crippen MR) is 44.2 cm³/mol. The number of hydrogen-bond acceptors (Lipinski definition) is 1. The second-order valence-electron chi connectivity index (χ2n) is 4.42. The van der Waals surface area contributed by atoms with E-state index in [2.05, 4.69) is 13.8 Å². The third-order valence-electron chi connectivity index (χ3n) is 4.14. The van der Waals surface area contributed by atoms with Gasteiger partial charge in [-0.25, -0.2) is 0 Å². The third kappa shape index (κ3) is 0.743. The molecular weight excluding hydrogens is 136 g/mol. The lowest BCUT2D eigenvalue weighted by Crippen LogP contribution is -2.29. The summed E-state index contributed by atoms with van der Waals surface area (Å²) >= 11 is 0. The molecule has 0 heterocycles. The topological polar surface area (TPSA) is 17.1 Å². The number of carbonyl (C=O) groups excluding carboxylic acids is 1. The Morgan fingerprint density at radius 1 is 1.36 bits per heavy atom. The van der Waals surface area contributed by atoms with Gasteiger partial charge >= 0.3 is 0 Å². The van der Waals surface area contributed by atoms with Crippen molar-refractivity contribution in [2.75, 3.05) is 0 Å². The summed E-state index contributed by atoms with van der Waals surface area (Å²) < 4.78 is 0. The minimum atomic E-state index is 0.0833. The van der Waals surface area contributed by atoms with Gasteiger partial charge in [0.15, 0.2) is 0 Å². The number of Topliss-reactive ketones (excluding diaryl/α,β-unsaturated/α-hetero) is 1. The normalized spacial score (nSPS) is 49.8. The Morgan fingerprint density at radius 3 is 2.73 bits per heavy atom. The average molecular weight is 152 g/mol. The second kappa shape index (κ2) is 2.09. The van der Waals surface area contributed by atoms with Crippen LogP contribution in [-0.2, 0) is 4.79 Å². The molecule has 2 fully saturated rings. The Hall–Kier alpha value is -0.330. The molecule has 0 saturated heterocycles. The highest BCUT2D eigenvalue weighted by Crippen LogP contribution is 2.54. The standard InChI is InChI=1S/C10H16O/c1-7-3-4-8-5-6-9(11)10(7,8)2/h7-8H,3-6H2,1-2H3/t7-,8?,10?/m1/s1. The van der Waals surface area contributed by atoms with Gasteiger partial charge < -0.3 is 0 Å². The van der Waals surface area contributed by atoms with Gasteiger partial charge in [-0.3, -0.25) is 4.79 Å². The summed E-state index contributed by atoms with van der Waals surface area (Å²) in [5.74, 6) is 1.90. The summed E-state index contributed by atoms with van der Waals surface area (Å²) in [4.78, 5) is 11.6. The number of rotatable bonds is 0. The first-order valence-electron chi connectivity index (χ1n) is 4.69. The largest absolute Gasteiger partial charge is 0.299 e. The molecular formula is C10H16O. The van der Waals surface area contributed by atoms with Crippen LogP contribution in [0.4, 0.5) is 0 Å². The van der Waals surface area contributed by atoms with Gasteiger partial charge in [-0.15, -0.1) is 0 Å². The Morgan fingerprint density at radius 2 is 2.09 bits per heavy atom. The summed E-state index contributed by atoms with van der Waals surface area (Å²) in [7, 11) is 0. The van der Waals surface area contributed by atoms with Crippen molar-refractivity contribution < 1.29 is 4.79 Å². The fourth-order valence-corrected chi connectivity index (χ4v) is 2.97. The predicted octanol–water partition coefficient (Wildman–Crippen LogP) is 2.40. The van der Waals surface area contributed by atoms with Crippen molar-refractivity contribution in [1.29, 1.82) is 0 Å². The van der Waals surface area contributed by atoms with Crippen molar-refractivity contribution in [1.82, 2.24) is 0 Å². The van der Waals surface area contributed by atoms with E-state index in [1.165, 1.54) is 19.3 Å². The monoisotopic (exact) mass is 152 g/mol. The lowest BCUT2D eigenvalue weighted by Gasteiger charge is -2.26. The highest BCUT2D eigenvalue weighted by molar-refractivity contribution is 5.87. The van der Waals surface area contributed by atoms with E-state index >= 15 is 0 Å². The lowest BCUT2D eigenvalue weighted by molar-refractivity contribution is -0.127. The molecule has 0 spiro atoms. The van der Waals surface area contributed by atoms with Crippen molar-refractivity contribution in [3.05, 3.63) is 0 Å². The van der Waals surface area contributed by atoms with Crippen LogP contribution in [0, 0.1) is 17.3 Å². The molecule has 2 rings (SSSR count). The second-order valence-corrected chi connectivity index (χ2v) is 4.42. The molecule has 2 aliphatic rings. The molecule has 2 aliphatic carbocycles. The maximum atomic E-state index is 11.6. The van der Waals surface area contributed by atoms with Crippen LogP contribution in [-0.4, -0.2) is 5.78 Å². The van der Waals surface area contributed by atoms with Crippen LogP contribution in [0.25, 0.3) is 0 Å². The van der Waals surface area contributed by atoms with Gasteiger partial charge in [-0.1, -0.05) is 13.8 Å². The minimum Gasteiger partial charge on any atom is -0.299 e. The zero-order valence-electron chi connectivity index (χ0n) is 7.39. The van der Waals surface area contributed by atoms with E-state index < -0.39 is 0 Å². The molecule has 0 aromatic carbocycles. The van der Waals surface area contributed by atoms with Gasteiger partial charge in [0.2, 0.25) is 0 Å². The minimum absolute atomic E-state index is 0.0833. The quantitative estimate of drug-likeness (QED) is 0.521. The Balaban J connectivity index is 2.34. The molecule has 0 aliphatic heterocycles. The first-order chi connectivity index (χ1) is 5.15. The fourth-order valence-electron chi connectivity index (χ4n) is 2.97. The van der Waals surface area contributed by atoms with Gasteiger partial charge in [0.1, 0.15) is 5.78 Å². The van der Waals surface area contributed by atoms with E-state index in [1.807, 2.05) is 0 Å². The van der Waals surface area contributed by atoms with Crippen LogP contribution in [0.1, 0.15) is 39.5 Å². The van der Waals surface area contributed by atoms with E-state index in [0.29, 0.717) is 11.7 Å². The van der Waals surface area contributed by atoms with Gasteiger partial charge in [0.05, 0.1) is 0 Å². The zero-order valence-corrected chi connectivity index (χ0v) is 7.39. The van der Waals surface area contributed by atoms with E-state index in [0.717, 1.165) is 12.3 Å². The van der Waals surface area contributed by atoms with E-state index in [-0.39, 0.29) is 5.41 Å². The average Bonchev–Trinajstić information content (AvgIpc) is 2.40. The molecule has 0 amide bonds. The van der Waals surface area contributed by atoms with E-state index in [4.69, 9.17) is 0 Å². The molecule has 2 unspecified atom stereocenters. The molecule has 1 heteroatoms. The van der Waals surface area contributed by atoms with Crippen molar-refractivity contribution in [3.63, 3.8) is 0 Å². The van der Waals surface area contributed by atoms with E-state index in [9.17, 15) is 4.79 Å². The van der Waals surface area contributed by atoms with Crippen LogP contribution < -0.4 is 0 Å². The van der Waals surface area contributed by atoms with Crippen molar-refractivity contribution in [2.24, 2.45) is 17.3 Å². The van der Waals surface area contributed by atoms with Gasteiger partial charge in [0, 0.05) is 11.8 Å². The number of fused-ring (bicyclic) bond motifs is 1. The van der Waals surface area contributed by atoms with Crippen LogP contribution in [0.2, 0.25) is 0 Å². The van der Waals surface area contributed by atoms with Crippen LogP contribution >= 0.6 is 0 Å². The first-order valence-corrected chi connectivity index (χ1v) is 4.69. The van der Waals surface area contributed by atoms with Crippen LogP contribution in [0.5, 0.6) is 0 Å². The molecule has 0 aromatic heterocycles. The smallest absolute Gasteiger partial charge is 0.139 e. The third-order valence-corrected chi connectivity index (χ3v) is 4.14. The maximum absolute atomic E-state index is 11.6. The van der Waals surface area contributed by atoms with E-state index in [1.54, 1.807) is 0 Å². The lowest BCUT2D eigenvalue weighted by atomic mass is 9.76. The van der Waals surface area contributed by atoms with Crippen LogP contribution in [0.3, 0.4) is 0 Å². The molecule has 2 saturated carbocycles. The molecule has 0 N–H and O–H groups in total. The summed E-state index contributed by atoms with van der Waals surface area (Å²) in [6, 6.07) is 0. The Bertz CT molecular complexity index is 197. The summed E-state index contributed by atoms with van der Waals surface area (Å²) in [5, 5.41) is 0. The highest BCUT2D eigenvalue weighted by atomic mass is 16.1. The number of carbonyl (C=O) groups is 1. The SMILES string of the molecule is C[C@@H]1CCC2CCC(=O)C21C. The molecule has 0 aromatic rings. The van der Waals surface area contributed by atoms with Crippen molar-refractivity contribution in [3.8, 4) is 0 Å². The van der Waals surface area contributed by atoms with Gasteiger partial charge in [0.25, 0.3) is 0 Å². The Labute approximate surface area is 68.2 Å². The first kappa shape index (κ1) is 7.33. The molecule has 3 atom stereocenters.